The molecule has 0 aromatic rings. The minimum absolute atomic E-state index is 0.272. The van der Waals surface area contributed by atoms with E-state index in [2.05, 4.69) is 0 Å². The molecule has 1 amide bonds. The van der Waals surface area contributed by atoms with Gasteiger partial charge in [-0.2, -0.15) is 0 Å². The molecule has 4 nitrogen and oxygen atoms in total. The van der Waals surface area contributed by atoms with Crippen molar-refractivity contribution in [1.29, 1.82) is 0 Å². The second kappa shape index (κ2) is 6.84. The minimum Gasteiger partial charge on any atom is -0.398 e. The van der Waals surface area contributed by atoms with Crippen molar-refractivity contribution in [3.8, 4) is 0 Å². The number of allylic oxidation sites excluding steroid dienone is 3. The quantitative estimate of drug-likeness (QED) is 0.433. The normalized spacial score (nSPS) is 13.3. The Hall–Kier alpha value is -1.55. The van der Waals surface area contributed by atoms with E-state index in [0.29, 0.717) is 11.3 Å². The van der Waals surface area contributed by atoms with Crippen LogP contribution < -0.4 is 5.73 Å². The molecule has 0 unspecified atom stereocenters. The Balaban J connectivity index is 5.14. The summed E-state index contributed by atoms with van der Waals surface area (Å²) in [6.45, 7) is 3.66. The lowest BCUT2D eigenvalue weighted by Gasteiger charge is -2.15. The van der Waals surface area contributed by atoms with Crippen LogP contribution in [0.25, 0.3) is 0 Å². The van der Waals surface area contributed by atoms with Crippen LogP contribution in [0.3, 0.4) is 0 Å². The molecule has 0 fully saturated rings. The van der Waals surface area contributed by atoms with Crippen LogP contribution in [0.15, 0.2) is 35.6 Å². The van der Waals surface area contributed by atoms with Crippen LogP contribution in [0.5, 0.6) is 0 Å². The summed E-state index contributed by atoms with van der Waals surface area (Å²) in [5, 5.41) is 1.13. The van der Waals surface area contributed by atoms with Crippen molar-refractivity contribution in [2.24, 2.45) is 5.73 Å². The highest BCUT2D eigenvalue weighted by Crippen LogP contribution is 2.07. The van der Waals surface area contributed by atoms with Gasteiger partial charge in [-0.25, -0.2) is 5.06 Å². The predicted octanol–water partition coefficient (Wildman–Crippen LogP) is 1.37. The van der Waals surface area contributed by atoms with E-state index < -0.39 is 0 Å². The molecule has 0 aliphatic rings. The van der Waals surface area contributed by atoms with Crippen LogP contribution in [-0.2, 0) is 9.63 Å². The highest BCUT2D eigenvalue weighted by molar-refractivity contribution is 5.96. The molecule has 84 valence electrons. The van der Waals surface area contributed by atoms with Gasteiger partial charge >= 0.3 is 0 Å². The standard InChI is InChI=1S/C11H18N2O2/c1-5-7-9(10(12)8-6-2)11(14)13(3)15-4/h5-8H,12H2,1-4H3/b7-5-,8-6-,10-9-. The van der Waals surface area contributed by atoms with Gasteiger partial charge in [0.05, 0.1) is 12.7 Å². The number of rotatable bonds is 4. The Kier molecular flexibility index (Phi) is 6.13. The third-order valence-corrected chi connectivity index (χ3v) is 1.78. The van der Waals surface area contributed by atoms with Gasteiger partial charge in [-0.3, -0.25) is 9.63 Å². The Morgan fingerprint density at radius 2 is 1.80 bits per heavy atom. The third-order valence-electron chi connectivity index (χ3n) is 1.78. The summed E-state index contributed by atoms with van der Waals surface area (Å²) in [6.07, 6.45) is 6.87. The van der Waals surface area contributed by atoms with Gasteiger partial charge in [0, 0.05) is 12.7 Å². The van der Waals surface area contributed by atoms with Gasteiger partial charge in [0.15, 0.2) is 0 Å². The van der Waals surface area contributed by atoms with Gasteiger partial charge < -0.3 is 5.73 Å². The first-order valence-corrected chi connectivity index (χ1v) is 4.65. The van der Waals surface area contributed by atoms with Crippen molar-refractivity contribution < 1.29 is 9.63 Å². The molecule has 0 aromatic heterocycles. The number of likely N-dealkylation sites (N-methyl/N-ethyl adjacent to an activating group) is 1. The third kappa shape index (κ3) is 3.99. The molecule has 0 saturated carbocycles. The maximum atomic E-state index is 11.8. The summed E-state index contributed by atoms with van der Waals surface area (Å²) in [6, 6.07) is 0. The van der Waals surface area contributed by atoms with Crippen LogP contribution >= 0.6 is 0 Å². The van der Waals surface area contributed by atoms with Gasteiger partial charge in [0.2, 0.25) is 0 Å². The van der Waals surface area contributed by atoms with Crippen LogP contribution in [0.4, 0.5) is 0 Å². The zero-order valence-corrected chi connectivity index (χ0v) is 9.65. The largest absolute Gasteiger partial charge is 0.398 e. The number of carbonyl (C=O) groups excluding carboxylic acids is 1. The first-order valence-electron chi connectivity index (χ1n) is 4.65. The van der Waals surface area contributed by atoms with Crippen molar-refractivity contribution >= 4 is 5.91 Å². The van der Waals surface area contributed by atoms with E-state index in [-0.39, 0.29) is 5.91 Å². The van der Waals surface area contributed by atoms with Crippen LogP contribution in [0.2, 0.25) is 0 Å². The van der Waals surface area contributed by atoms with E-state index in [9.17, 15) is 4.79 Å². The summed E-state index contributed by atoms with van der Waals surface area (Å²) in [5.41, 5.74) is 6.58. The highest BCUT2D eigenvalue weighted by Gasteiger charge is 2.14. The zero-order valence-electron chi connectivity index (χ0n) is 9.65. The van der Waals surface area contributed by atoms with Gasteiger partial charge in [-0.1, -0.05) is 18.2 Å². The second-order valence-corrected chi connectivity index (χ2v) is 2.85. The van der Waals surface area contributed by atoms with E-state index in [1.165, 1.54) is 14.2 Å². The molecule has 0 spiro atoms. The second-order valence-electron chi connectivity index (χ2n) is 2.85. The molecular weight excluding hydrogens is 192 g/mol. The van der Waals surface area contributed by atoms with Gasteiger partial charge in [0.25, 0.3) is 5.91 Å². The van der Waals surface area contributed by atoms with E-state index in [1.807, 2.05) is 13.8 Å². The SMILES string of the molecule is C\C=C/C(N)=C(\C=C/C)C(=O)N(C)OC. The van der Waals surface area contributed by atoms with E-state index in [0.717, 1.165) is 5.06 Å². The van der Waals surface area contributed by atoms with Crippen LogP contribution in [-0.4, -0.2) is 25.1 Å². The molecule has 0 aliphatic heterocycles. The molecule has 2 N–H and O–H groups in total. The lowest BCUT2D eigenvalue weighted by molar-refractivity contribution is -0.163. The van der Waals surface area contributed by atoms with E-state index >= 15 is 0 Å². The monoisotopic (exact) mass is 210 g/mol. The summed E-state index contributed by atoms with van der Waals surface area (Å²) in [5.74, 6) is -0.272. The highest BCUT2D eigenvalue weighted by atomic mass is 16.7. The maximum absolute atomic E-state index is 11.8. The molecule has 15 heavy (non-hydrogen) atoms. The van der Waals surface area contributed by atoms with Crippen molar-refractivity contribution in [3.05, 3.63) is 35.6 Å². The number of hydrogen-bond acceptors (Lipinski definition) is 3. The van der Waals surface area contributed by atoms with E-state index in [4.69, 9.17) is 10.6 Å². The Bertz CT molecular complexity index is 304. The maximum Gasteiger partial charge on any atom is 0.279 e. The summed E-state index contributed by atoms with van der Waals surface area (Å²) in [4.78, 5) is 16.6. The number of hydrogen-bond donors (Lipinski definition) is 1. The molecule has 0 bridgehead atoms. The van der Waals surface area contributed by atoms with E-state index in [1.54, 1.807) is 24.3 Å². The molecule has 0 radical (unpaired) electrons. The number of carbonyl (C=O) groups is 1. The molecule has 0 heterocycles. The fraction of sp³-hybridized carbons (Fsp3) is 0.364. The van der Waals surface area contributed by atoms with Crippen molar-refractivity contribution in [2.45, 2.75) is 13.8 Å². The number of nitrogens with zero attached hydrogens (tertiary/aromatic N) is 1. The molecule has 0 aliphatic carbocycles. The summed E-state index contributed by atoms with van der Waals surface area (Å²) < 4.78 is 0. The lowest BCUT2D eigenvalue weighted by atomic mass is 10.1. The molecule has 4 heteroatoms. The summed E-state index contributed by atoms with van der Waals surface area (Å²) in [7, 11) is 2.96. The van der Waals surface area contributed by atoms with Crippen LogP contribution in [0.1, 0.15) is 13.8 Å². The first-order chi connectivity index (χ1) is 7.08. The van der Waals surface area contributed by atoms with Gasteiger partial charge in [0.1, 0.15) is 0 Å². The van der Waals surface area contributed by atoms with Crippen molar-refractivity contribution in [1.82, 2.24) is 5.06 Å². The van der Waals surface area contributed by atoms with Crippen molar-refractivity contribution in [2.75, 3.05) is 14.2 Å². The average Bonchev–Trinajstić information content (AvgIpc) is 2.24. The number of nitrogens with two attached hydrogens (primary N) is 1. The Morgan fingerprint density at radius 1 is 1.27 bits per heavy atom. The van der Waals surface area contributed by atoms with Crippen molar-refractivity contribution in [3.63, 3.8) is 0 Å². The molecule has 0 rings (SSSR count). The summed E-state index contributed by atoms with van der Waals surface area (Å²) >= 11 is 0. The Morgan fingerprint density at radius 3 is 2.20 bits per heavy atom. The average molecular weight is 210 g/mol. The first kappa shape index (κ1) is 13.4. The fourth-order valence-corrected chi connectivity index (χ4v) is 0.980. The molecule has 0 atom stereocenters. The minimum atomic E-state index is -0.272. The van der Waals surface area contributed by atoms with Gasteiger partial charge in [-0.05, 0) is 19.9 Å². The number of amides is 1. The number of hydroxylamine groups is 2. The zero-order chi connectivity index (χ0) is 11.8. The smallest absolute Gasteiger partial charge is 0.279 e. The topological polar surface area (TPSA) is 55.6 Å². The van der Waals surface area contributed by atoms with Crippen LogP contribution in [0, 0.1) is 0 Å². The predicted molar refractivity (Wildman–Crippen MR) is 60.6 cm³/mol. The molecular formula is C11H18N2O2. The Labute approximate surface area is 90.6 Å². The molecule has 0 aromatic carbocycles. The molecule has 0 saturated heterocycles. The van der Waals surface area contributed by atoms with Gasteiger partial charge in [-0.15, -0.1) is 0 Å². The fourth-order valence-electron chi connectivity index (χ4n) is 0.980. The lowest BCUT2D eigenvalue weighted by Crippen LogP contribution is -2.28.